The number of hydrogen-bond donors (Lipinski definition) is 3. The number of methoxy groups -OCH3 is 1. The molecule has 0 saturated heterocycles. The number of rotatable bonds is 7. The minimum atomic E-state index is -1.26. The van der Waals surface area contributed by atoms with E-state index in [0.29, 0.717) is 19.4 Å². The zero-order chi connectivity index (χ0) is 10.3. The molecule has 5 nitrogen and oxygen atoms in total. The van der Waals surface area contributed by atoms with Crippen molar-refractivity contribution in [1.82, 2.24) is 0 Å². The normalized spacial score (nSPS) is 15.3. The van der Waals surface area contributed by atoms with E-state index >= 15 is 0 Å². The van der Waals surface area contributed by atoms with Gasteiger partial charge in [-0.2, -0.15) is 0 Å². The molecular weight excluding hydrogens is 172 g/mol. The summed E-state index contributed by atoms with van der Waals surface area (Å²) in [6.07, 6.45) is 1.89. The molecule has 0 aromatic heterocycles. The SMILES string of the molecule is COCC(N)(CCCCN)C(=O)O. The van der Waals surface area contributed by atoms with E-state index < -0.39 is 11.5 Å². The Morgan fingerprint density at radius 2 is 2.15 bits per heavy atom. The average Bonchev–Trinajstić information content (AvgIpc) is 2.05. The van der Waals surface area contributed by atoms with Gasteiger partial charge < -0.3 is 21.3 Å². The molecule has 0 fully saturated rings. The summed E-state index contributed by atoms with van der Waals surface area (Å²) in [5.74, 6) is -1.02. The van der Waals surface area contributed by atoms with E-state index in [9.17, 15) is 4.79 Å². The van der Waals surface area contributed by atoms with Crippen molar-refractivity contribution < 1.29 is 14.6 Å². The molecule has 1 unspecified atom stereocenters. The number of carboxylic acid groups (broad SMARTS) is 1. The number of carboxylic acids is 1. The second-order valence-electron chi connectivity index (χ2n) is 3.14. The summed E-state index contributed by atoms with van der Waals surface area (Å²) in [5.41, 5.74) is 9.66. The molecule has 5 N–H and O–H groups in total. The van der Waals surface area contributed by atoms with Crippen molar-refractivity contribution >= 4 is 5.97 Å². The number of nitrogens with two attached hydrogens (primary N) is 2. The largest absolute Gasteiger partial charge is 0.480 e. The van der Waals surface area contributed by atoms with Gasteiger partial charge in [0.2, 0.25) is 0 Å². The first-order chi connectivity index (χ1) is 6.06. The number of ether oxygens (including phenoxy) is 1. The van der Waals surface area contributed by atoms with E-state index in [4.69, 9.17) is 21.3 Å². The van der Waals surface area contributed by atoms with Crippen LogP contribution in [0.1, 0.15) is 19.3 Å². The lowest BCUT2D eigenvalue weighted by atomic mass is 9.95. The van der Waals surface area contributed by atoms with Gasteiger partial charge in [0.1, 0.15) is 5.54 Å². The molecule has 0 radical (unpaired) electrons. The van der Waals surface area contributed by atoms with Gasteiger partial charge in [-0.15, -0.1) is 0 Å². The molecule has 78 valence electrons. The Morgan fingerprint density at radius 1 is 1.54 bits per heavy atom. The first-order valence-corrected chi connectivity index (χ1v) is 4.28. The summed E-state index contributed by atoms with van der Waals surface area (Å²) < 4.78 is 4.76. The Morgan fingerprint density at radius 3 is 2.54 bits per heavy atom. The van der Waals surface area contributed by atoms with Crippen LogP contribution in [0.15, 0.2) is 0 Å². The van der Waals surface area contributed by atoms with Crippen LogP contribution in [0.5, 0.6) is 0 Å². The van der Waals surface area contributed by atoms with Gasteiger partial charge in [0.05, 0.1) is 6.61 Å². The van der Waals surface area contributed by atoms with Crippen LogP contribution in [0.2, 0.25) is 0 Å². The molecule has 0 rings (SSSR count). The van der Waals surface area contributed by atoms with E-state index in [2.05, 4.69) is 0 Å². The lowest BCUT2D eigenvalue weighted by molar-refractivity contribution is -0.145. The molecule has 0 aliphatic rings. The summed E-state index contributed by atoms with van der Waals surface area (Å²) in [4.78, 5) is 10.8. The fraction of sp³-hybridized carbons (Fsp3) is 0.875. The molecule has 0 heterocycles. The number of carbonyl (C=O) groups is 1. The van der Waals surface area contributed by atoms with Crippen molar-refractivity contribution in [2.75, 3.05) is 20.3 Å². The quantitative estimate of drug-likeness (QED) is 0.472. The Kier molecular flexibility index (Phi) is 5.61. The van der Waals surface area contributed by atoms with Gasteiger partial charge in [-0.1, -0.05) is 0 Å². The van der Waals surface area contributed by atoms with Gasteiger partial charge >= 0.3 is 5.97 Å². The molecule has 0 aliphatic heterocycles. The van der Waals surface area contributed by atoms with E-state index in [-0.39, 0.29) is 6.61 Å². The second-order valence-corrected chi connectivity index (χ2v) is 3.14. The minimum Gasteiger partial charge on any atom is -0.480 e. The van der Waals surface area contributed by atoms with E-state index in [1.54, 1.807) is 0 Å². The lowest BCUT2D eigenvalue weighted by Gasteiger charge is -2.23. The van der Waals surface area contributed by atoms with Crippen molar-refractivity contribution in [2.45, 2.75) is 24.8 Å². The van der Waals surface area contributed by atoms with Crippen molar-refractivity contribution in [1.29, 1.82) is 0 Å². The second kappa shape index (κ2) is 5.90. The zero-order valence-corrected chi connectivity index (χ0v) is 7.95. The molecule has 13 heavy (non-hydrogen) atoms. The minimum absolute atomic E-state index is 0.0346. The van der Waals surface area contributed by atoms with Crippen LogP contribution in [-0.2, 0) is 9.53 Å². The molecule has 0 aromatic carbocycles. The smallest absolute Gasteiger partial charge is 0.326 e. The molecule has 0 bridgehead atoms. The highest BCUT2D eigenvalue weighted by Crippen LogP contribution is 2.11. The summed E-state index contributed by atoms with van der Waals surface area (Å²) >= 11 is 0. The number of aliphatic carboxylic acids is 1. The Balaban J connectivity index is 4.00. The molecule has 0 saturated carbocycles. The maximum absolute atomic E-state index is 10.8. The first kappa shape index (κ1) is 12.3. The molecular formula is C8H18N2O3. The predicted molar refractivity (Wildman–Crippen MR) is 49.3 cm³/mol. The standard InChI is InChI=1S/C8H18N2O3/c1-13-6-8(10,7(11)12)4-2-3-5-9/h2-6,9-10H2,1H3,(H,11,12). The average molecular weight is 190 g/mol. The Labute approximate surface area is 78.0 Å². The highest BCUT2D eigenvalue weighted by Gasteiger charge is 2.33. The van der Waals surface area contributed by atoms with Gasteiger partial charge in [0, 0.05) is 7.11 Å². The number of unbranched alkanes of at least 4 members (excludes halogenated alkanes) is 1. The third-order valence-corrected chi connectivity index (χ3v) is 1.90. The van der Waals surface area contributed by atoms with Crippen LogP contribution in [0.3, 0.4) is 0 Å². The van der Waals surface area contributed by atoms with Gasteiger partial charge in [-0.3, -0.25) is 4.79 Å². The molecule has 0 aliphatic carbocycles. The Bertz CT molecular complexity index is 163. The highest BCUT2D eigenvalue weighted by atomic mass is 16.5. The number of hydrogen-bond acceptors (Lipinski definition) is 4. The predicted octanol–water partition coefficient (Wildman–Crippen LogP) is -0.456. The van der Waals surface area contributed by atoms with Crippen LogP contribution >= 0.6 is 0 Å². The summed E-state index contributed by atoms with van der Waals surface area (Å²) in [5, 5.41) is 8.83. The van der Waals surface area contributed by atoms with E-state index in [0.717, 1.165) is 6.42 Å². The van der Waals surface area contributed by atoms with Crippen LogP contribution in [-0.4, -0.2) is 36.9 Å². The van der Waals surface area contributed by atoms with Crippen LogP contribution < -0.4 is 11.5 Å². The van der Waals surface area contributed by atoms with Crippen molar-refractivity contribution in [3.05, 3.63) is 0 Å². The van der Waals surface area contributed by atoms with Crippen molar-refractivity contribution in [2.24, 2.45) is 11.5 Å². The van der Waals surface area contributed by atoms with Crippen LogP contribution in [0, 0.1) is 0 Å². The Hall–Kier alpha value is -0.650. The van der Waals surface area contributed by atoms with Gasteiger partial charge in [-0.25, -0.2) is 0 Å². The fourth-order valence-corrected chi connectivity index (χ4v) is 1.08. The third kappa shape index (κ3) is 4.21. The molecule has 0 spiro atoms. The summed E-state index contributed by atoms with van der Waals surface area (Å²) in [6.45, 7) is 0.593. The topological polar surface area (TPSA) is 98.6 Å². The van der Waals surface area contributed by atoms with E-state index in [1.165, 1.54) is 7.11 Å². The lowest BCUT2D eigenvalue weighted by Crippen LogP contribution is -2.51. The zero-order valence-electron chi connectivity index (χ0n) is 7.95. The molecule has 0 aromatic rings. The van der Waals surface area contributed by atoms with E-state index in [1.807, 2.05) is 0 Å². The maximum atomic E-state index is 10.8. The summed E-state index contributed by atoms with van der Waals surface area (Å²) in [7, 11) is 1.44. The fourth-order valence-electron chi connectivity index (χ4n) is 1.08. The summed E-state index contributed by atoms with van der Waals surface area (Å²) in [6, 6.07) is 0. The van der Waals surface area contributed by atoms with Gasteiger partial charge in [0.15, 0.2) is 0 Å². The van der Waals surface area contributed by atoms with Crippen LogP contribution in [0.4, 0.5) is 0 Å². The van der Waals surface area contributed by atoms with Gasteiger partial charge in [-0.05, 0) is 25.8 Å². The highest BCUT2D eigenvalue weighted by molar-refractivity contribution is 5.78. The molecule has 1 atom stereocenters. The van der Waals surface area contributed by atoms with Gasteiger partial charge in [0.25, 0.3) is 0 Å². The molecule has 0 amide bonds. The third-order valence-electron chi connectivity index (χ3n) is 1.90. The van der Waals surface area contributed by atoms with Crippen molar-refractivity contribution in [3.63, 3.8) is 0 Å². The maximum Gasteiger partial charge on any atom is 0.326 e. The van der Waals surface area contributed by atoms with Crippen LogP contribution in [0.25, 0.3) is 0 Å². The molecule has 5 heteroatoms. The van der Waals surface area contributed by atoms with Crippen molar-refractivity contribution in [3.8, 4) is 0 Å². The first-order valence-electron chi connectivity index (χ1n) is 4.28. The monoisotopic (exact) mass is 190 g/mol.